The molecule has 2 heteroatoms. The van der Waals surface area contributed by atoms with E-state index >= 15 is 0 Å². The van der Waals surface area contributed by atoms with Crippen LogP contribution in [0.25, 0.3) is 0 Å². The summed E-state index contributed by atoms with van der Waals surface area (Å²) in [5, 5.41) is 0. The molecule has 0 spiro atoms. The quantitative estimate of drug-likeness (QED) is 0.169. The molecular formula is C29H52FI. The van der Waals surface area contributed by atoms with Crippen molar-refractivity contribution in [2.24, 2.45) is 35.0 Å². The van der Waals surface area contributed by atoms with Crippen LogP contribution in [0.2, 0.25) is 0 Å². The van der Waals surface area contributed by atoms with Gasteiger partial charge in [0.15, 0.2) is 0 Å². The zero-order valence-electron chi connectivity index (χ0n) is 21.2. The van der Waals surface area contributed by atoms with Crippen LogP contribution >= 0.6 is 22.6 Å². The Kier molecular flexibility index (Phi) is 10.1. The van der Waals surface area contributed by atoms with Gasteiger partial charge in [-0.15, -0.1) is 0 Å². The van der Waals surface area contributed by atoms with Crippen molar-refractivity contribution in [3.05, 3.63) is 0 Å². The van der Waals surface area contributed by atoms with Gasteiger partial charge in [-0.25, -0.2) is 4.39 Å². The molecule has 0 aliphatic heterocycles. The van der Waals surface area contributed by atoms with E-state index in [2.05, 4.69) is 36.4 Å². The van der Waals surface area contributed by atoms with Gasteiger partial charge in [-0.1, -0.05) is 75.0 Å². The Morgan fingerprint density at radius 2 is 1.61 bits per heavy atom. The van der Waals surface area contributed by atoms with Gasteiger partial charge in [0.1, 0.15) is 5.67 Å². The fourth-order valence-corrected chi connectivity index (χ4v) is 7.88. The van der Waals surface area contributed by atoms with Crippen LogP contribution in [0.4, 0.5) is 4.39 Å². The molecule has 0 radical (unpaired) electrons. The van der Waals surface area contributed by atoms with Crippen molar-refractivity contribution in [3.63, 3.8) is 0 Å². The summed E-state index contributed by atoms with van der Waals surface area (Å²) in [5.74, 6) is 4.50. The fourth-order valence-electron chi connectivity index (χ4n) is 7.16. The van der Waals surface area contributed by atoms with E-state index in [1.807, 2.05) is 0 Å². The summed E-state index contributed by atoms with van der Waals surface area (Å²) < 4.78 is 15.2. The van der Waals surface area contributed by atoms with Gasteiger partial charge >= 0.3 is 0 Å². The van der Waals surface area contributed by atoms with Crippen LogP contribution in [0.15, 0.2) is 0 Å². The van der Waals surface area contributed by atoms with Crippen molar-refractivity contribution < 1.29 is 4.39 Å². The third kappa shape index (κ3) is 9.08. The lowest BCUT2D eigenvalue weighted by atomic mass is 9.74. The van der Waals surface area contributed by atoms with Crippen molar-refractivity contribution in [1.82, 2.24) is 0 Å². The monoisotopic (exact) mass is 546 g/mol. The summed E-state index contributed by atoms with van der Waals surface area (Å²) in [6.45, 7) is 8.48. The largest absolute Gasteiger partial charge is 0.245 e. The maximum absolute atomic E-state index is 14.3. The number of alkyl halides is 2. The van der Waals surface area contributed by atoms with E-state index in [0.717, 1.165) is 51.8 Å². The summed E-state index contributed by atoms with van der Waals surface area (Å²) in [5.41, 5.74) is -0.276. The highest BCUT2D eigenvalue weighted by Gasteiger charge is 2.48. The second-order valence-electron chi connectivity index (χ2n) is 13.0. The predicted molar refractivity (Wildman–Crippen MR) is 143 cm³/mol. The van der Waals surface area contributed by atoms with Gasteiger partial charge in [0.2, 0.25) is 0 Å². The zero-order valence-corrected chi connectivity index (χ0v) is 23.4. The minimum Gasteiger partial charge on any atom is -0.245 e. The zero-order chi connectivity index (χ0) is 22.5. The maximum Gasteiger partial charge on any atom is 0.105 e. The molecule has 0 nitrogen and oxygen atoms in total. The van der Waals surface area contributed by atoms with Crippen molar-refractivity contribution in [3.8, 4) is 0 Å². The molecule has 182 valence electrons. The van der Waals surface area contributed by atoms with Crippen LogP contribution in [0.3, 0.4) is 0 Å². The molecule has 0 amide bonds. The van der Waals surface area contributed by atoms with Crippen LogP contribution in [0.5, 0.6) is 0 Å². The Balaban J connectivity index is 1.44. The first-order chi connectivity index (χ1) is 14.7. The molecule has 0 heterocycles. The third-order valence-corrected chi connectivity index (χ3v) is 10.7. The number of hydrogen-bond donors (Lipinski definition) is 0. The molecule has 3 aliphatic rings. The Hall–Kier alpha value is 0.660. The molecule has 31 heavy (non-hydrogen) atoms. The Bertz CT molecular complexity index is 503. The molecule has 3 aliphatic carbocycles. The highest BCUT2D eigenvalue weighted by atomic mass is 127. The molecular weight excluding hydrogens is 494 g/mol. The van der Waals surface area contributed by atoms with Gasteiger partial charge in [-0.05, 0) is 119 Å². The second kappa shape index (κ2) is 11.9. The molecule has 0 aromatic rings. The molecule has 0 bridgehead atoms. The SMILES string of the molecule is C[C@@H](CC(CCCC1(C2CCC(I)CC2)CC1)CCC(C)(C)F)C[C@H]1CC[C@@H](C)CC1. The topological polar surface area (TPSA) is 0 Å². The first-order valence-electron chi connectivity index (χ1n) is 14.0. The molecule has 1 unspecified atom stereocenters. The first kappa shape index (κ1) is 26.3. The van der Waals surface area contributed by atoms with Gasteiger partial charge in [0.05, 0.1) is 0 Å². The summed E-state index contributed by atoms with van der Waals surface area (Å²) >= 11 is 2.67. The van der Waals surface area contributed by atoms with E-state index in [4.69, 9.17) is 0 Å². The van der Waals surface area contributed by atoms with Crippen molar-refractivity contribution in [2.45, 2.75) is 146 Å². The first-order valence-corrected chi connectivity index (χ1v) is 15.2. The van der Waals surface area contributed by atoms with E-state index in [1.165, 1.54) is 96.3 Å². The summed E-state index contributed by atoms with van der Waals surface area (Å²) in [4.78, 5) is 0. The molecule has 3 fully saturated rings. The average molecular weight is 547 g/mol. The average Bonchev–Trinajstić information content (AvgIpc) is 3.48. The summed E-state index contributed by atoms with van der Waals surface area (Å²) in [7, 11) is 0. The Morgan fingerprint density at radius 3 is 2.19 bits per heavy atom. The van der Waals surface area contributed by atoms with Crippen LogP contribution in [-0.2, 0) is 0 Å². The summed E-state index contributed by atoms with van der Waals surface area (Å²) in [6, 6.07) is 0. The lowest BCUT2D eigenvalue weighted by Gasteiger charge is -2.33. The van der Waals surface area contributed by atoms with Gasteiger partial charge in [0, 0.05) is 3.92 Å². The maximum atomic E-state index is 14.3. The number of rotatable bonds is 12. The highest BCUT2D eigenvalue weighted by molar-refractivity contribution is 14.1. The minimum atomic E-state index is -1.00. The van der Waals surface area contributed by atoms with Crippen molar-refractivity contribution in [1.29, 1.82) is 0 Å². The van der Waals surface area contributed by atoms with Gasteiger partial charge in [0.25, 0.3) is 0 Å². The molecule has 0 aromatic carbocycles. The van der Waals surface area contributed by atoms with E-state index in [1.54, 1.807) is 13.8 Å². The van der Waals surface area contributed by atoms with Gasteiger partial charge < -0.3 is 0 Å². The van der Waals surface area contributed by atoms with Crippen molar-refractivity contribution >= 4 is 22.6 Å². The Labute approximate surface area is 207 Å². The van der Waals surface area contributed by atoms with E-state index in [0.29, 0.717) is 0 Å². The third-order valence-electron chi connectivity index (χ3n) is 9.46. The predicted octanol–water partition coefficient (Wildman–Crippen LogP) is 10.3. The van der Waals surface area contributed by atoms with Crippen molar-refractivity contribution in [2.75, 3.05) is 0 Å². The molecule has 0 N–H and O–H groups in total. The van der Waals surface area contributed by atoms with Crippen LogP contribution in [0.1, 0.15) is 137 Å². The smallest absolute Gasteiger partial charge is 0.105 e. The number of halogens is 2. The lowest BCUT2D eigenvalue weighted by Crippen LogP contribution is -2.23. The van der Waals surface area contributed by atoms with Gasteiger partial charge in [-0.2, -0.15) is 0 Å². The summed E-state index contributed by atoms with van der Waals surface area (Å²) in [6.07, 6.45) is 23.5. The van der Waals surface area contributed by atoms with E-state index in [9.17, 15) is 4.39 Å². The Morgan fingerprint density at radius 1 is 0.968 bits per heavy atom. The molecule has 2 atom stereocenters. The molecule has 0 saturated heterocycles. The lowest BCUT2D eigenvalue weighted by molar-refractivity contribution is 0.167. The standard InChI is InChI=1S/C29H52FI/c1-22-7-9-25(10-8-22)21-23(2)20-24(15-17-28(3,4)30)6-5-16-29(18-19-29)26-11-13-27(31)14-12-26/h22-27H,5-21H2,1-4H3/t22-,23-,24?,25+,26?,27?/m0/s1. The van der Waals surface area contributed by atoms with Crippen LogP contribution in [-0.4, -0.2) is 9.59 Å². The van der Waals surface area contributed by atoms with E-state index in [-0.39, 0.29) is 0 Å². The molecule has 0 aromatic heterocycles. The fraction of sp³-hybridized carbons (Fsp3) is 1.00. The van der Waals surface area contributed by atoms with Crippen LogP contribution < -0.4 is 0 Å². The second-order valence-corrected chi connectivity index (χ2v) is 14.8. The van der Waals surface area contributed by atoms with E-state index < -0.39 is 5.67 Å². The number of hydrogen-bond acceptors (Lipinski definition) is 0. The minimum absolute atomic E-state index is 0.727. The normalized spacial score (nSPS) is 33.1. The van der Waals surface area contributed by atoms with Gasteiger partial charge in [-0.3, -0.25) is 0 Å². The van der Waals surface area contributed by atoms with Crippen LogP contribution in [0, 0.1) is 35.0 Å². The molecule has 3 saturated carbocycles. The molecule has 3 rings (SSSR count). The highest BCUT2D eigenvalue weighted by Crippen LogP contribution is 2.60.